The molecule has 4 heteroatoms. The molecule has 3 saturated carbocycles. The molecule has 0 heterocycles. The molecular weight excluding hydrogens is 316 g/mol. The largest absolute Gasteiger partial charge is 0.455 e. The lowest BCUT2D eigenvalue weighted by molar-refractivity contribution is -0.153. The number of hydrogen-bond acceptors (Lipinski definition) is 4. The summed E-state index contributed by atoms with van der Waals surface area (Å²) in [5.41, 5.74) is 1.28. The van der Waals surface area contributed by atoms with E-state index in [0.29, 0.717) is 24.2 Å². The van der Waals surface area contributed by atoms with Gasteiger partial charge >= 0.3 is 5.97 Å². The van der Waals surface area contributed by atoms with Gasteiger partial charge in [0.05, 0.1) is 6.10 Å². The minimum Gasteiger partial charge on any atom is -0.455 e. The first-order chi connectivity index (χ1) is 11.8. The summed E-state index contributed by atoms with van der Waals surface area (Å²) < 4.78 is 5.37. The molecule has 0 saturated heterocycles. The van der Waals surface area contributed by atoms with Gasteiger partial charge in [-0.1, -0.05) is 25.5 Å². The maximum atomic E-state index is 13.0. The molecule has 7 unspecified atom stereocenters. The molecule has 25 heavy (non-hydrogen) atoms. The lowest BCUT2D eigenvalue weighted by atomic mass is 9.48. The molecule has 7 atom stereocenters. The minimum absolute atomic E-state index is 0.144. The molecule has 4 nitrogen and oxygen atoms in total. The lowest BCUT2D eigenvalue weighted by Gasteiger charge is -2.56. The number of aliphatic hydroxyl groups excluding tert-OH is 1. The van der Waals surface area contributed by atoms with Gasteiger partial charge in [-0.25, -0.2) is 0 Å². The predicted molar refractivity (Wildman–Crippen MR) is 93.7 cm³/mol. The average molecular weight is 346 g/mol. The van der Waals surface area contributed by atoms with Crippen LogP contribution in [0.1, 0.15) is 65.7 Å². The third-order valence-electron chi connectivity index (χ3n) is 8.10. The van der Waals surface area contributed by atoms with Crippen LogP contribution in [0.25, 0.3) is 0 Å². The number of carbonyl (C=O) groups is 2. The Labute approximate surface area is 150 Å². The molecule has 0 bridgehead atoms. The van der Waals surface area contributed by atoms with Gasteiger partial charge in [-0.3, -0.25) is 9.59 Å². The molecule has 0 aliphatic heterocycles. The Morgan fingerprint density at radius 3 is 2.64 bits per heavy atom. The average Bonchev–Trinajstić information content (AvgIpc) is 2.79. The van der Waals surface area contributed by atoms with Gasteiger partial charge in [-0.2, -0.15) is 0 Å². The Morgan fingerprint density at radius 1 is 1.20 bits per heavy atom. The van der Waals surface area contributed by atoms with Crippen LogP contribution in [0.4, 0.5) is 0 Å². The molecule has 0 radical (unpaired) electrons. The first-order valence-corrected chi connectivity index (χ1v) is 9.85. The monoisotopic (exact) mass is 346 g/mol. The van der Waals surface area contributed by atoms with Crippen molar-refractivity contribution in [2.75, 3.05) is 0 Å². The van der Waals surface area contributed by atoms with Crippen molar-refractivity contribution in [2.24, 2.45) is 28.6 Å². The Kier molecular flexibility index (Phi) is 3.91. The van der Waals surface area contributed by atoms with Crippen LogP contribution >= 0.6 is 0 Å². The van der Waals surface area contributed by atoms with Gasteiger partial charge in [0.1, 0.15) is 0 Å². The maximum absolute atomic E-state index is 13.0. The molecule has 138 valence electrons. The standard InChI is InChI=1S/C21H30O4/c1-12(22)25-18-11-17-15-5-4-13-10-14(23)6-8-20(13,2)16(15)7-9-21(17,3)19(18)24/h4,14-18,23H,5-11H2,1-3H3. The van der Waals surface area contributed by atoms with E-state index in [1.807, 2.05) is 0 Å². The summed E-state index contributed by atoms with van der Waals surface area (Å²) in [5, 5.41) is 10.1. The first kappa shape index (κ1) is 17.3. The van der Waals surface area contributed by atoms with Crippen LogP contribution in [0.3, 0.4) is 0 Å². The Hall–Kier alpha value is -1.16. The summed E-state index contributed by atoms with van der Waals surface area (Å²) in [4.78, 5) is 24.4. The number of carbonyl (C=O) groups excluding carboxylic acids is 2. The van der Waals surface area contributed by atoms with Crippen molar-refractivity contribution in [1.82, 2.24) is 0 Å². The fourth-order valence-electron chi connectivity index (χ4n) is 6.71. The SMILES string of the molecule is CC(=O)OC1CC2C3CC=C4CC(O)CCC4(C)C3CCC2(C)C1=O. The topological polar surface area (TPSA) is 63.6 Å². The molecule has 0 aromatic carbocycles. The van der Waals surface area contributed by atoms with Crippen LogP contribution in [-0.2, 0) is 14.3 Å². The van der Waals surface area contributed by atoms with E-state index in [9.17, 15) is 14.7 Å². The maximum Gasteiger partial charge on any atom is 0.303 e. The van der Waals surface area contributed by atoms with Gasteiger partial charge in [-0.05, 0) is 68.1 Å². The van der Waals surface area contributed by atoms with Crippen molar-refractivity contribution >= 4 is 11.8 Å². The number of rotatable bonds is 1. The zero-order chi connectivity index (χ0) is 18.0. The summed E-state index contributed by atoms with van der Waals surface area (Å²) in [6.07, 6.45) is 8.04. The number of esters is 1. The van der Waals surface area contributed by atoms with Gasteiger partial charge in [0, 0.05) is 12.3 Å². The zero-order valence-electron chi connectivity index (χ0n) is 15.6. The second-order valence-corrected chi connectivity index (χ2v) is 9.31. The van der Waals surface area contributed by atoms with Gasteiger partial charge in [0.2, 0.25) is 0 Å². The highest BCUT2D eigenvalue weighted by atomic mass is 16.5. The summed E-state index contributed by atoms with van der Waals surface area (Å²) in [6, 6.07) is 0. The minimum atomic E-state index is -0.544. The van der Waals surface area contributed by atoms with Crippen molar-refractivity contribution in [2.45, 2.75) is 77.9 Å². The highest BCUT2D eigenvalue weighted by molar-refractivity contribution is 5.92. The van der Waals surface area contributed by atoms with E-state index in [2.05, 4.69) is 19.9 Å². The smallest absolute Gasteiger partial charge is 0.303 e. The van der Waals surface area contributed by atoms with Crippen molar-refractivity contribution < 1.29 is 19.4 Å². The van der Waals surface area contributed by atoms with Gasteiger partial charge in [0.25, 0.3) is 0 Å². The Bertz CT molecular complexity index is 638. The van der Waals surface area contributed by atoms with E-state index in [0.717, 1.165) is 38.5 Å². The quantitative estimate of drug-likeness (QED) is 0.584. The van der Waals surface area contributed by atoms with Crippen LogP contribution in [0.5, 0.6) is 0 Å². The summed E-state index contributed by atoms with van der Waals surface area (Å²) in [5.74, 6) is 1.18. The highest BCUT2D eigenvalue weighted by Crippen LogP contribution is 2.64. The molecule has 0 amide bonds. The fraction of sp³-hybridized carbons (Fsp3) is 0.810. The van der Waals surface area contributed by atoms with Crippen LogP contribution < -0.4 is 0 Å². The number of Topliss-reactive ketones (excluding diaryl/α,β-unsaturated/α-hetero) is 1. The van der Waals surface area contributed by atoms with E-state index in [1.54, 1.807) is 0 Å². The molecule has 0 aromatic heterocycles. The number of aliphatic hydroxyl groups is 1. The molecule has 3 fully saturated rings. The molecule has 4 aliphatic carbocycles. The van der Waals surface area contributed by atoms with Crippen LogP contribution in [0.2, 0.25) is 0 Å². The van der Waals surface area contributed by atoms with Crippen molar-refractivity contribution in [3.63, 3.8) is 0 Å². The lowest BCUT2D eigenvalue weighted by Crippen LogP contribution is -2.50. The normalized spacial score (nSPS) is 48.9. The van der Waals surface area contributed by atoms with Crippen LogP contribution in [-0.4, -0.2) is 29.1 Å². The van der Waals surface area contributed by atoms with Crippen LogP contribution in [0.15, 0.2) is 11.6 Å². The summed E-state index contributed by atoms with van der Waals surface area (Å²) in [6.45, 7) is 5.88. The molecule has 4 aliphatic rings. The van der Waals surface area contributed by atoms with Gasteiger partial charge in [-0.15, -0.1) is 0 Å². The molecule has 1 N–H and O–H groups in total. The molecule has 0 spiro atoms. The van der Waals surface area contributed by atoms with E-state index >= 15 is 0 Å². The van der Waals surface area contributed by atoms with Crippen molar-refractivity contribution in [1.29, 1.82) is 0 Å². The third kappa shape index (κ3) is 2.43. The molecule has 4 rings (SSSR count). The van der Waals surface area contributed by atoms with Crippen molar-refractivity contribution in [3.05, 3.63) is 11.6 Å². The number of hydrogen-bond donors (Lipinski definition) is 1. The second kappa shape index (κ2) is 5.67. The third-order valence-corrected chi connectivity index (χ3v) is 8.10. The zero-order valence-corrected chi connectivity index (χ0v) is 15.6. The van der Waals surface area contributed by atoms with E-state index in [4.69, 9.17) is 4.74 Å². The first-order valence-electron chi connectivity index (χ1n) is 9.85. The molecule has 0 aromatic rings. The number of ketones is 1. The number of ether oxygens (including phenoxy) is 1. The molecular formula is C21H30O4. The van der Waals surface area contributed by atoms with E-state index in [-0.39, 0.29) is 28.7 Å². The Morgan fingerprint density at radius 2 is 1.92 bits per heavy atom. The summed E-state index contributed by atoms with van der Waals surface area (Å²) >= 11 is 0. The van der Waals surface area contributed by atoms with Gasteiger partial charge < -0.3 is 9.84 Å². The highest BCUT2D eigenvalue weighted by Gasteiger charge is 2.61. The number of allylic oxidation sites excluding steroid dienone is 1. The van der Waals surface area contributed by atoms with E-state index in [1.165, 1.54) is 12.5 Å². The van der Waals surface area contributed by atoms with Gasteiger partial charge in [0.15, 0.2) is 11.9 Å². The summed E-state index contributed by atoms with van der Waals surface area (Å²) in [7, 11) is 0. The van der Waals surface area contributed by atoms with Crippen molar-refractivity contribution in [3.8, 4) is 0 Å². The second-order valence-electron chi connectivity index (χ2n) is 9.31. The fourth-order valence-corrected chi connectivity index (χ4v) is 6.71. The number of fused-ring (bicyclic) bond motifs is 5. The Balaban J connectivity index is 1.64. The van der Waals surface area contributed by atoms with Crippen LogP contribution in [0, 0.1) is 28.6 Å². The predicted octanol–water partition coefficient (Wildman–Crippen LogP) is 3.42. The van der Waals surface area contributed by atoms with E-state index < -0.39 is 6.10 Å².